The number of nitrogens with one attached hydrogen (secondary N) is 1. The molecule has 0 aliphatic rings. The van der Waals surface area contributed by atoms with E-state index in [0.717, 1.165) is 18.1 Å². The number of halogens is 2. The lowest BCUT2D eigenvalue weighted by molar-refractivity contribution is 0.727. The molecule has 0 heterocycles. The van der Waals surface area contributed by atoms with Crippen molar-refractivity contribution < 1.29 is 0 Å². The minimum atomic E-state index is 0. The van der Waals surface area contributed by atoms with Crippen LogP contribution in [0.1, 0.15) is 12.5 Å². The van der Waals surface area contributed by atoms with Crippen molar-refractivity contribution in [3.63, 3.8) is 0 Å². The first-order valence-electron chi connectivity index (χ1n) is 3.78. The average Bonchev–Trinajstić information content (AvgIpc) is 2.04. The van der Waals surface area contributed by atoms with Crippen LogP contribution in [0.4, 0.5) is 0 Å². The Morgan fingerprint density at radius 1 is 1.25 bits per heavy atom. The van der Waals surface area contributed by atoms with Crippen LogP contribution in [0.15, 0.2) is 24.3 Å². The van der Waals surface area contributed by atoms with E-state index < -0.39 is 0 Å². The molecule has 0 spiro atoms. The molecule has 1 aromatic carbocycles. The smallest absolute Gasteiger partial charge is 0.0406 e. The summed E-state index contributed by atoms with van der Waals surface area (Å²) in [5.41, 5.74) is 1.27. The zero-order chi connectivity index (χ0) is 8.10. The highest BCUT2D eigenvalue weighted by molar-refractivity contribution is 14.0. The lowest BCUT2D eigenvalue weighted by atomic mass is 10.2. The van der Waals surface area contributed by atoms with Crippen molar-refractivity contribution in [1.29, 1.82) is 0 Å². The maximum atomic E-state index is 5.73. The van der Waals surface area contributed by atoms with Gasteiger partial charge in [0.05, 0.1) is 0 Å². The zero-order valence-corrected chi connectivity index (χ0v) is 10.1. The zero-order valence-electron chi connectivity index (χ0n) is 7.01. The van der Waals surface area contributed by atoms with Crippen LogP contribution in [-0.2, 0) is 6.54 Å². The molecular weight excluding hydrogens is 284 g/mol. The minimum Gasteiger partial charge on any atom is -0.313 e. The van der Waals surface area contributed by atoms with Crippen molar-refractivity contribution in [2.45, 2.75) is 13.5 Å². The first kappa shape index (κ1) is 12.2. The molecular formula is C9H13ClIN. The Labute approximate surface area is 95.5 Å². The third-order valence-electron chi connectivity index (χ3n) is 1.49. The van der Waals surface area contributed by atoms with Gasteiger partial charge >= 0.3 is 0 Å². The Morgan fingerprint density at radius 3 is 2.33 bits per heavy atom. The average molecular weight is 298 g/mol. The third kappa shape index (κ3) is 4.28. The van der Waals surface area contributed by atoms with E-state index in [1.165, 1.54) is 5.56 Å². The van der Waals surface area contributed by atoms with E-state index >= 15 is 0 Å². The Balaban J connectivity index is 0.00000121. The van der Waals surface area contributed by atoms with Gasteiger partial charge in [0.25, 0.3) is 0 Å². The highest BCUT2D eigenvalue weighted by Crippen LogP contribution is 2.08. The molecule has 0 aliphatic carbocycles. The topological polar surface area (TPSA) is 12.0 Å². The second kappa shape index (κ2) is 6.69. The predicted octanol–water partition coefficient (Wildman–Crippen LogP) is 3.07. The van der Waals surface area contributed by atoms with Gasteiger partial charge in [-0.2, -0.15) is 0 Å². The van der Waals surface area contributed by atoms with Gasteiger partial charge < -0.3 is 5.32 Å². The van der Waals surface area contributed by atoms with Gasteiger partial charge in [0.15, 0.2) is 0 Å². The molecule has 0 unspecified atom stereocenters. The van der Waals surface area contributed by atoms with Crippen molar-refractivity contribution in [1.82, 2.24) is 5.32 Å². The molecule has 68 valence electrons. The molecule has 1 nitrogen and oxygen atoms in total. The summed E-state index contributed by atoms with van der Waals surface area (Å²) in [6.07, 6.45) is 0. The maximum Gasteiger partial charge on any atom is 0.0406 e. The summed E-state index contributed by atoms with van der Waals surface area (Å²) in [6.45, 7) is 4.02. The normalized spacial score (nSPS) is 9.17. The first-order chi connectivity index (χ1) is 5.33. The van der Waals surface area contributed by atoms with E-state index in [-0.39, 0.29) is 24.0 Å². The number of hydrogen-bond donors (Lipinski definition) is 1. The highest BCUT2D eigenvalue weighted by Gasteiger charge is 1.89. The van der Waals surface area contributed by atoms with Crippen LogP contribution < -0.4 is 5.32 Å². The second-order valence-electron chi connectivity index (χ2n) is 2.41. The Morgan fingerprint density at radius 2 is 1.83 bits per heavy atom. The molecule has 0 aromatic heterocycles. The summed E-state index contributed by atoms with van der Waals surface area (Å²) >= 11 is 5.73. The summed E-state index contributed by atoms with van der Waals surface area (Å²) in [4.78, 5) is 0. The van der Waals surface area contributed by atoms with Crippen LogP contribution in [0, 0.1) is 0 Å². The molecule has 0 saturated carbocycles. The van der Waals surface area contributed by atoms with Gasteiger partial charge in [-0.25, -0.2) is 0 Å². The lowest BCUT2D eigenvalue weighted by Crippen LogP contribution is -2.11. The van der Waals surface area contributed by atoms with E-state index in [2.05, 4.69) is 12.2 Å². The number of benzene rings is 1. The largest absolute Gasteiger partial charge is 0.313 e. The maximum absolute atomic E-state index is 5.73. The second-order valence-corrected chi connectivity index (χ2v) is 2.84. The Hall–Kier alpha value is 0.200. The fourth-order valence-electron chi connectivity index (χ4n) is 0.872. The molecule has 0 bridgehead atoms. The van der Waals surface area contributed by atoms with Crippen LogP contribution in [0.25, 0.3) is 0 Å². The molecule has 3 heteroatoms. The summed E-state index contributed by atoms with van der Waals surface area (Å²) in [6, 6.07) is 7.89. The van der Waals surface area contributed by atoms with E-state index in [4.69, 9.17) is 11.6 Å². The summed E-state index contributed by atoms with van der Waals surface area (Å²) in [7, 11) is 0. The minimum absolute atomic E-state index is 0. The van der Waals surface area contributed by atoms with E-state index in [1.807, 2.05) is 24.3 Å². The van der Waals surface area contributed by atoms with Crippen molar-refractivity contribution in [2.75, 3.05) is 6.54 Å². The molecule has 1 aromatic rings. The van der Waals surface area contributed by atoms with Crippen LogP contribution in [0.2, 0.25) is 5.02 Å². The van der Waals surface area contributed by atoms with Crippen LogP contribution >= 0.6 is 35.6 Å². The van der Waals surface area contributed by atoms with Gasteiger partial charge in [-0.3, -0.25) is 0 Å². The highest BCUT2D eigenvalue weighted by atomic mass is 127. The fourth-order valence-corrected chi connectivity index (χ4v) is 0.998. The van der Waals surface area contributed by atoms with E-state index in [1.54, 1.807) is 0 Å². The van der Waals surface area contributed by atoms with Gasteiger partial charge in [-0.05, 0) is 24.2 Å². The van der Waals surface area contributed by atoms with Gasteiger partial charge in [0, 0.05) is 11.6 Å². The number of rotatable bonds is 3. The monoisotopic (exact) mass is 297 g/mol. The van der Waals surface area contributed by atoms with E-state index in [0.29, 0.717) is 0 Å². The molecule has 0 atom stereocenters. The van der Waals surface area contributed by atoms with Crippen molar-refractivity contribution in [3.8, 4) is 0 Å². The van der Waals surface area contributed by atoms with E-state index in [9.17, 15) is 0 Å². The van der Waals surface area contributed by atoms with Crippen molar-refractivity contribution >= 4 is 35.6 Å². The van der Waals surface area contributed by atoms with Gasteiger partial charge in [0.2, 0.25) is 0 Å². The molecule has 0 amide bonds. The Kier molecular flexibility index (Phi) is 6.80. The SMILES string of the molecule is CCNCc1ccc(Cl)cc1.I. The molecule has 0 radical (unpaired) electrons. The molecule has 0 fully saturated rings. The van der Waals surface area contributed by atoms with Crippen LogP contribution in [0.5, 0.6) is 0 Å². The Bertz CT molecular complexity index is 210. The number of hydrogen-bond acceptors (Lipinski definition) is 1. The van der Waals surface area contributed by atoms with Crippen molar-refractivity contribution in [3.05, 3.63) is 34.9 Å². The first-order valence-corrected chi connectivity index (χ1v) is 4.16. The third-order valence-corrected chi connectivity index (χ3v) is 1.74. The standard InChI is InChI=1S/C9H12ClN.HI/c1-2-11-7-8-3-5-9(10)6-4-8;/h3-6,11H,2,7H2,1H3;1H. The van der Waals surface area contributed by atoms with Gasteiger partial charge in [0.1, 0.15) is 0 Å². The summed E-state index contributed by atoms with van der Waals surface area (Å²) in [5.74, 6) is 0. The predicted molar refractivity (Wildman–Crippen MR) is 64.2 cm³/mol. The van der Waals surface area contributed by atoms with Crippen LogP contribution in [0.3, 0.4) is 0 Å². The van der Waals surface area contributed by atoms with Crippen LogP contribution in [-0.4, -0.2) is 6.54 Å². The molecule has 12 heavy (non-hydrogen) atoms. The quantitative estimate of drug-likeness (QED) is 0.846. The summed E-state index contributed by atoms with van der Waals surface area (Å²) < 4.78 is 0. The van der Waals surface area contributed by atoms with Gasteiger partial charge in [-0.15, -0.1) is 24.0 Å². The molecule has 0 saturated heterocycles. The molecule has 1 rings (SSSR count). The molecule has 0 aliphatic heterocycles. The van der Waals surface area contributed by atoms with Crippen molar-refractivity contribution in [2.24, 2.45) is 0 Å². The lowest BCUT2D eigenvalue weighted by Gasteiger charge is -2.00. The molecule has 1 N–H and O–H groups in total. The van der Waals surface area contributed by atoms with Gasteiger partial charge in [-0.1, -0.05) is 30.7 Å². The summed E-state index contributed by atoms with van der Waals surface area (Å²) in [5, 5.41) is 4.04. The fraction of sp³-hybridized carbons (Fsp3) is 0.333.